The first-order chi connectivity index (χ1) is 15.5. The Labute approximate surface area is 193 Å². The molecule has 3 aromatic rings. The van der Waals surface area contributed by atoms with E-state index in [0.29, 0.717) is 23.4 Å². The molecule has 32 heavy (non-hydrogen) atoms. The van der Waals surface area contributed by atoms with Crippen LogP contribution in [0.2, 0.25) is 0 Å². The SMILES string of the molecule is CCOC(=O)c1c(NC(=O)COC(=O)CCCc2nc3ccccc3s2)sc2c1CCC2. The van der Waals surface area contributed by atoms with Gasteiger partial charge in [0.1, 0.15) is 5.00 Å². The van der Waals surface area contributed by atoms with E-state index in [0.717, 1.165) is 44.9 Å². The van der Waals surface area contributed by atoms with Crippen LogP contribution in [0.3, 0.4) is 0 Å². The minimum Gasteiger partial charge on any atom is -0.462 e. The number of hydrogen-bond acceptors (Lipinski definition) is 8. The average Bonchev–Trinajstić information content (AvgIpc) is 3.46. The number of aromatic nitrogens is 1. The molecule has 0 fully saturated rings. The predicted octanol–water partition coefficient (Wildman–Crippen LogP) is 4.53. The van der Waals surface area contributed by atoms with Gasteiger partial charge in [-0.25, -0.2) is 9.78 Å². The van der Waals surface area contributed by atoms with E-state index in [4.69, 9.17) is 9.47 Å². The van der Waals surface area contributed by atoms with Crippen LogP contribution in [0.1, 0.15) is 52.0 Å². The number of para-hydroxylation sites is 1. The highest BCUT2D eigenvalue weighted by molar-refractivity contribution is 7.18. The van der Waals surface area contributed by atoms with Gasteiger partial charge in [0.2, 0.25) is 0 Å². The maximum absolute atomic E-state index is 12.4. The van der Waals surface area contributed by atoms with Crippen molar-refractivity contribution in [3.05, 3.63) is 45.3 Å². The Bertz CT molecular complexity index is 1120. The fraction of sp³-hybridized carbons (Fsp3) is 0.391. The molecule has 0 spiro atoms. The monoisotopic (exact) mass is 472 g/mol. The molecule has 1 amide bonds. The third-order valence-electron chi connectivity index (χ3n) is 5.13. The van der Waals surface area contributed by atoms with Crippen LogP contribution in [0.15, 0.2) is 24.3 Å². The summed E-state index contributed by atoms with van der Waals surface area (Å²) in [5.41, 5.74) is 2.38. The summed E-state index contributed by atoms with van der Waals surface area (Å²) in [6, 6.07) is 7.93. The predicted molar refractivity (Wildman–Crippen MR) is 124 cm³/mol. The summed E-state index contributed by atoms with van der Waals surface area (Å²) in [6.07, 6.45) is 4.20. The molecule has 168 valence electrons. The third kappa shape index (κ3) is 5.16. The van der Waals surface area contributed by atoms with Crippen LogP contribution in [0, 0.1) is 0 Å². The van der Waals surface area contributed by atoms with E-state index in [2.05, 4.69) is 10.3 Å². The molecule has 2 heterocycles. The second-order valence-electron chi connectivity index (χ2n) is 7.42. The van der Waals surface area contributed by atoms with Crippen LogP contribution in [-0.2, 0) is 38.3 Å². The number of benzene rings is 1. The van der Waals surface area contributed by atoms with E-state index in [9.17, 15) is 14.4 Å². The Kier molecular flexibility index (Phi) is 7.16. The van der Waals surface area contributed by atoms with Gasteiger partial charge in [0.25, 0.3) is 5.91 Å². The molecule has 0 saturated heterocycles. The highest BCUT2D eigenvalue weighted by Gasteiger charge is 2.28. The second kappa shape index (κ2) is 10.2. The largest absolute Gasteiger partial charge is 0.462 e. The highest BCUT2D eigenvalue weighted by atomic mass is 32.1. The maximum Gasteiger partial charge on any atom is 0.341 e. The second-order valence-corrected chi connectivity index (χ2v) is 9.64. The molecular formula is C23H24N2O5S2. The molecule has 1 aliphatic carbocycles. The summed E-state index contributed by atoms with van der Waals surface area (Å²) in [7, 11) is 0. The quantitative estimate of drug-likeness (QED) is 0.460. The molecule has 0 radical (unpaired) electrons. The van der Waals surface area contributed by atoms with Crippen LogP contribution < -0.4 is 5.32 Å². The molecule has 1 aromatic carbocycles. The lowest BCUT2D eigenvalue weighted by Gasteiger charge is -2.08. The van der Waals surface area contributed by atoms with Gasteiger partial charge >= 0.3 is 11.9 Å². The van der Waals surface area contributed by atoms with Crippen molar-refractivity contribution in [1.82, 2.24) is 4.98 Å². The van der Waals surface area contributed by atoms with Crippen LogP contribution in [0.4, 0.5) is 5.00 Å². The molecule has 1 N–H and O–H groups in total. The van der Waals surface area contributed by atoms with Gasteiger partial charge in [-0.05, 0) is 56.7 Å². The molecule has 0 bridgehead atoms. The summed E-state index contributed by atoms with van der Waals surface area (Å²) in [5.74, 6) is -1.32. The van der Waals surface area contributed by atoms with E-state index in [1.54, 1.807) is 18.3 Å². The van der Waals surface area contributed by atoms with Crippen LogP contribution in [-0.4, -0.2) is 36.0 Å². The lowest BCUT2D eigenvalue weighted by Crippen LogP contribution is -2.21. The van der Waals surface area contributed by atoms with Crippen molar-refractivity contribution in [3.63, 3.8) is 0 Å². The van der Waals surface area contributed by atoms with Crippen LogP contribution in [0.5, 0.6) is 0 Å². The van der Waals surface area contributed by atoms with E-state index in [1.807, 2.05) is 24.3 Å². The zero-order valence-electron chi connectivity index (χ0n) is 17.8. The number of rotatable bonds is 9. The fourth-order valence-corrected chi connectivity index (χ4v) is 6.01. The highest BCUT2D eigenvalue weighted by Crippen LogP contribution is 2.39. The maximum atomic E-state index is 12.4. The van der Waals surface area contributed by atoms with Crippen molar-refractivity contribution in [2.75, 3.05) is 18.5 Å². The van der Waals surface area contributed by atoms with Gasteiger partial charge in [-0.15, -0.1) is 22.7 Å². The van der Waals surface area contributed by atoms with Gasteiger partial charge in [-0.3, -0.25) is 9.59 Å². The van der Waals surface area contributed by atoms with Crippen LogP contribution in [0.25, 0.3) is 10.2 Å². The number of aryl methyl sites for hydroxylation is 2. The van der Waals surface area contributed by atoms with Crippen LogP contribution >= 0.6 is 22.7 Å². The topological polar surface area (TPSA) is 94.6 Å². The Morgan fingerprint density at radius 3 is 2.78 bits per heavy atom. The van der Waals surface area contributed by atoms with Gasteiger partial charge < -0.3 is 14.8 Å². The first-order valence-electron chi connectivity index (χ1n) is 10.7. The molecule has 0 aliphatic heterocycles. The van der Waals surface area contributed by atoms with E-state index >= 15 is 0 Å². The molecule has 0 saturated carbocycles. The third-order valence-corrected chi connectivity index (χ3v) is 7.43. The van der Waals surface area contributed by atoms with Crippen molar-refractivity contribution in [2.24, 2.45) is 0 Å². The number of fused-ring (bicyclic) bond motifs is 2. The Morgan fingerprint density at radius 1 is 1.12 bits per heavy atom. The van der Waals surface area contributed by atoms with E-state index < -0.39 is 17.8 Å². The van der Waals surface area contributed by atoms with E-state index in [-0.39, 0.29) is 19.6 Å². The molecule has 4 rings (SSSR count). The molecule has 1 aliphatic rings. The number of anilines is 1. The Hall–Kier alpha value is -2.78. The van der Waals surface area contributed by atoms with Gasteiger partial charge in [0.05, 0.1) is 27.4 Å². The van der Waals surface area contributed by atoms with Gasteiger partial charge in [0, 0.05) is 11.3 Å². The number of ether oxygens (including phenoxy) is 2. The summed E-state index contributed by atoms with van der Waals surface area (Å²) in [6.45, 7) is 1.63. The minimum atomic E-state index is -0.463. The number of thiophene rings is 1. The lowest BCUT2D eigenvalue weighted by atomic mass is 10.1. The molecule has 2 aromatic heterocycles. The number of esters is 2. The summed E-state index contributed by atoms with van der Waals surface area (Å²) in [4.78, 5) is 42.4. The van der Waals surface area contributed by atoms with Crippen molar-refractivity contribution in [2.45, 2.75) is 45.4 Å². The number of nitrogens with one attached hydrogen (secondary N) is 1. The van der Waals surface area contributed by atoms with Crippen molar-refractivity contribution in [1.29, 1.82) is 0 Å². The van der Waals surface area contributed by atoms with Gasteiger partial charge in [-0.1, -0.05) is 12.1 Å². The Balaban J connectivity index is 1.25. The first kappa shape index (κ1) is 22.4. The number of carbonyl (C=O) groups excluding carboxylic acids is 3. The standard InChI is InChI=1S/C23H24N2O5S2/c1-2-29-23(28)21-14-7-5-10-16(14)32-22(21)25-18(26)13-30-20(27)12-6-11-19-24-15-8-3-4-9-17(15)31-19/h3-4,8-9H,2,5-7,10-13H2,1H3,(H,25,26). The zero-order valence-corrected chi connectivity index (χ0v) is 19.4. The summed E-state index contributed by atoms with van der Waals surface area (Å²) in [5, 5.41) is 4.18. The minimum absolute atomic E-state index is 0.213. The number of carbonyl (C=O) groups is 3. The van der Waals surface area contributed by atoms with Crippen molar-refractivity contribution in [3.8, 4) is 0 Å². The normalized spacial score (nSPS) is 12.5. The molecule has 9 heteroatoms. The summed E-state index contributed by atoms with van der Waals surface area (Å²) >= 11 is 3.02. The Morgan fingerprint density at radius 2 is 1.97 bits per heavy atom. The molecular weight excluding hydrogens is 448 g/mol. The van der Waals surface area contributed by atoms with E-state index in [1.165, 1.54) is 11.3 Å². The molecule has 0 unspecified atom stereocenters. The van der Waals surface area contributed by atoms with Gasteiger partial charge in [-0.2, -0.15) is 0 Å². The fourth-order valence-electron chi connectivity index (χ4n) is 3.70. The number of thiazole rings is 1. The lowest BCUT2D eigenvalue weighted by molar-refractivity contribution is -0.147. The molecule has 7 nitrogen and oxygen atoms in total. The number of nitrogens with zero attached hydrogens (tertiary/aromatic N) is 1. The average molecular weight is 473 g/mol. The van der Waals surface area contributed by atoms with Gasteiger partial charge in [0.15, 0.2) is 6.61 Å². The smallest absolute Gasteiger partial charge is 0.341 e. The number of hydrogen-bond donors (Lipinski definition) is 1. The van der Waals surface area contributed by atoms with Crippen molar-refractivity contribution < 1.29 is 23.9 Å². The first-order valence-corrected chi connectivity index (χ1v) is 12.3. The molecule has 0 atom stereocenters. The van der Waals surface area contributed by atoms with Crippen molar-refractivity contribution >= 4 is 55.7 Å². The summed E-state index contributed by atoms with van der Waals surface area (Å²) < 4.78 is 11.4. The number of amides is 1. The zero-order chi connectivity index (χ0) is 22.5.